The Morgan fingerprint density at radius 1 is 0.862 bits per heavy atom. The van der Waals surface area contributed by atoms with Gasteiger partial charge in [0.05, 0.1) is 10.5 Å². The summed E-state index contributed by atoms with van der Waals surface area (Å²) in [4.78, 5) is 12.3. The Bertz CT molecular complexity index is 1130. The van der Waals surface area contributed by atoms with Crippen molar-refractivity contribution < 1.29 is 26.4 Å². The number of sulfonamides is 1. The third kappa shape index (κ3) is 5.03. The standard InChI is InChI=1S/C21H16F3NO3S/c22-21(23,24)17-10-6-11-18(14-17)25-29(27,28)20-12-5-4-9-16(20)13-19(26)15-7-2-1-3-8-15/h1-12,14,25H,13H2. The summed E-state index contributed by atoms with van der Waals surface area (Å²) in [5, 5.41) is 0. The fraction of sp³-hybridized carbons (Fsp3) is 0.0952. The molecule has 0 aliphatic carbocycles. The Morgan fingerprint density at radius 2 is 1.52 bits per heavy atom. The molecule has 0 aliphatic heterocycles. The summed E-state index contributed by atoms with van der Waals surface area (Å²) in [6, 6.07) is 18.2. The fourth-order valence-electron chi connectivity index (χ4n) is 2.78. The van der Waals surface area contributed by atoms with Crippen LogP contribution in [0.15, 0.2) is 83.8 Å². The van der Waals surface area contributed by atoms with Crippen LogP contribution in [-0.4, -0.2) is 14.2 Å². The lowest BCUT2D eigenvalue weighted by Gasteiger charge is -2.13. The summed E-state index contributed by atoms with van der Waals surface area (Å²) in [7, 11) is -4.20. The molecule has 0 unspecified atom stereocenters. The molecule has 0 heterocycles. The number of alkyl halides is 3. The third-order valence-electron chi connectivity index (χ3n) is 4.15. The first-order chi connectivity index (χ1) is 13.7. The molecule has 0 saturated heterocycles. The number of halogens is 3. The number of anilines is 1. The van der Waals surface area contributed by atoms with Gasteiger partial charge in [-0.25, -0.2) is 8.42 Å². The molecule has 3 aromatic carbocycles. The number of nitrogens with one attached hydrogen (secondary N) is 1. The number of ketones is 1. The van der Waals surface area contributed by atoms with Gasteiger partial charge in [0, 0.05) is 17.7 Å². The molecular weight excluding hydrogens is 403 g/mol. The van der Waals surface area contributed by atoms with Crippen LogP contribution < -0.4 is 4.72 Å². The monoisotopic (exact) mass is 419 g/mol. The van der Waals surface area contributed by atoms with Crippen LogP contribution in [0.1, 0.15) is 21.5 Å². The number of hydrogen-bond acceptors (Lipinski definition) is 3. The summed E-state index contributed by atoms with van der Waals surface area (Å²) >= 11 is 0. The van der Waals surface area contributed by atoms with Crippen LogP contribution in [0.3, 0.4) is 0 Å². The second kappa shape index (κ2) is 8.08. The van der Waals surface area contributed by atoms with Crippen molar-refractivity contribution in [2.75, 3.05) is 4.72 Å². The quantitative estimate of drug-likeness (QED) is 0.576. The zero-order valence-corrected chi connectivity index (χ0v) is 15.8. The van der Waals surface area contributed by atoms with Gasteiger partial charge in [0.25, 0.3) is 10.0 Å². The Kier molecular flexibility index (Phi) is 5.74. The van der Waals surface area contributed by atoms with Gasteiger partial charge < -0.3 is 0 Å². The zero-order valence-electron chi connectivity index (χ0n) is 15.0. The van der Waals surface area contributed by atoms with Crippen molar-refractivity contribution >= 4 is 21.5 Å². The molecule has 1 N–H and O–H groups in total. The van der Waals surface area contributed by atoms with E-state index in [2.05, 4.69) is 4.72 Å². The van der Waals surface area contributed by atoms with Crippen molar-refractivity contribution in [2.24, 2.45) is 0 Å². The van der Waals surface area contributed by atoms with E-state index >= 15 is 0 Å². The Balaban J connectivity index is 1.89. The van der Waals surface area contributed by atoms with E-state index in [4.69, 9.17) is 0 Å². The Hall–Kier alpha value is -3.13. The number of Topliss-reactive ketones (excluding diaryl/α,β-unsaturated/α-hetero) is 1. The lowest BCUT2D eigenvalue weighted by Crippen LogP contribution is -2.17. The van der Waals surface area contributed by atoms with E-state index in [1.165, 1.54) is 24.3 Å². The Morgan fingerprint density at radius 3 is 2.21 bits per heavy atom. The maximum Gasteiger partial charge on any atom is 0.416 e. The predicted octanol–water partition coefficient (Wildman–Crippen LogP) is 4.93. The topological polar surface area (TPSA) is 63.2 Å². The minimum Gasteiger partial charge on any atom is -0.294 e. The average molecular weight is 419 g/mol. The van der Waals surface area contributed by atoms with Crippen LogP contribution in [0.4, 0.5) is 18.9 Å². The molecule has 4 nitrogen and oxygen atoms in total. The first-order valence-corrected chi connectivity index (χ1v) is 10.0. The lowest BCUT2D eigenvalue weighted by molar-refractivity contribution is -0.137. The fourth-order valence-corrected chi connectivity index (χ4v) is 4.07. The first kappa shape index (κ1) is 20.6. The van der Waals surface area contributed by atoms with Crippen LogP contribution >= 0.6 is 0 Å². The van der Waals surface area contributed by atoms with Crippen molar-refractivity contribution in [2.45, 2.75) is 17.5 Å². The number of rotatable bonds is 6. The van der Waals surface area contributed by atoms with Crippen molar-refractivity contribution in [3.63, 3.8) is 0 Å². The molecule has 0 aromatic heterocycles. The van der Waals surface area contributed by atoms with E-state index in [0.717, 1.165) is 18.2 Å². The molecular formula is C21H16F3NO3S. The van der Waals surface area contributed by atoms with Gasteiger partial charge in [0.2, 0.25) is 0 Å². The van der Waals surface area contributed by atoms with Crippen LogP contribution in [0.2, 0.25) is 0 Å². The molecule has 8 heteroatoms. The average Bonchev–Trinajstić information content (AvgIpc) is 2.68. The van der Waals surface area contributed by atoms with E-state index < -0.39 is 21.8 Å². The summed E-state index contributed by atoms with van der Waals surface area (Å²) < 4.78 is 66.4. The van der Waals surface area contributed by atoms with Gasteiger partial charge in [-0.05, 0) is 29.8 Å². The van der Waals surface area contributed by atoms with Crippen molar-refractivity contribution in [1.29, 1.82) is 0 Å². The van der Waals surface area contributed by atoms with Crippen LogP contribution in [0.5, 0.6) is 0 Å². The minimum atomic E-state index is -4.60. The van der Waals surface area contributed by atoms with Gasteiger partial charge in [-0.3, -0.25) is 9.52 Å². The van der Waals surface area contributed by atoms with Crippen molar-refractivity contribution in [1.82, 2.24) is 0 Å². The molecule has 0 radical (unpaired) electrons. The molecule has 150 valence electrons. The van der Waals surface area contributed by atoms with E-state index in [9.17, 15) is 26.4 Å². The molecule has 0 atom stereocenters. The second-order valence-electron chi connectivity index (χ2n) is 6.26. The third-order valence-corrected chi connectivity index (χ3v) is 5.63. The van der Waals surface area contributed by atoms with E-state index in [1.54, 1.807) is 36.4 Å². The molecule has 3 aromatic rings. The highest BCUT2D eigenvalue weighted by molar-refractivity contribution is 7.92. The van der Waals surface area contributed by atoms with Gasteiger partial charge in [0.1, 0.15) is 0 Å². The van der Waals surface area contributed by atoms with Crippen LogP contribution in [0.25, 0.3) is 0 Å². The normalized spacial score (nSPS) is 11.8. The highest BCUT2D eigenvalue weighted by Gasteiger charge is 2.31. The van der Waals surface area contributed by atoms with Crippen LogP contribution in [0, 0.1) is 0 Å². The molecule has 0 aliphatic rings. The SMILES string of the molecule is O=C(Cc1ccccc1S(=O)(=O)Nc1cccc(C(F)(F)F)c1)c1ccccc1. The van der Waals surface area contributed by atoms with Crippen LogP contribution in [-0.2, 0) is 22.6 Å². The van der Waals surface area contributed by atoms with Crippen molar-refractivity contribution in [3.8, 4) is 0 Å². The highest BCUT2D eigenvalue weighted by Crippen LogP contribution is 2.31. The molecule has 0 amide bonds. The zero-order chi connectivity index (χ0) is 21.1. The van der Waals surface area contributed by atoms with E-state index in [-0.39, 0.29) is 28.4 Å². The van der Waals surface area contributed by atoms with Gasteiger partial charge in [-0.1, -0.05) is 54.6 Å². The molecule has 3 rings (SSSR count). The first-order valence-electron chi connectivity index (χ1n) is 8.53. The predicted molar refractivity (Wildman–Crippen MR) is 103 cm³/mol. The molecule has 29 heavy (non-hydrogen) atoms. The molecule has 0 fully saturated rings. The van der Waals surface area contributed by atoms with Gasteiger partial charge >= 0.3 is 6.18 Å². The summed E-state index contributed by atoms with van der Waals surface area (Å²) in [5.41, 5.74) is -0.499. The maximum absolute atomic E-state index is 12.9. The molecule has 0 bridgehead atoms. The number of carbonyl (C=O) groups is 1. The van der Waals surface area contributed by atoms with Gasteiger partial charge in [-0.2, -0.15) is 13.2 Å². The number of carbonyl (C=O) groups excluding carboxylic acids is 1. The van der Waals surface area contributed by atoms with Crippen molar-refractivity contribution in [3.05, 3.63) is 95.6 Å². The van der Waals surface area contributed by atoms with E-state index in [0.29, 0.717) is 5.56 Å². The van der Waals surface area contributed by atoms with Gasteiger partial charge in [0.15, 0.2) is 5.78 Å². The highest BCUT2D eigenvalue weighted by atomic mass is 32.2. The Labute approximate surface area is 166 Å². The minimum absolute atomic E-state index is 0.163. The maximum atomic E-state index is 12.9. The summed E-state index contributed by atoms with van der Waals surface area (Å²) in [5.74, 6) is -0.271. The molecule has 0 spiro atoms. The second-order valence-corrected chi connectivity index (χ2v) is 7.91. The largest absolute Gasteiger partial charge is 0.416 e. The smallest absolute Gasteiger partial charge is 0.294 e. The summed E-state index contributed by atoms with van der Waals surface area (Å²) in [6.07, 6.45) is -4.76. The number of benzene rings is 3. The summed E-state index contributed by atoms with van der Waals surface area (Å²) in [6.45, 7) is 0. The lowest BCUT2D eigenvalue weighted by atomic mass is 10.0. The molecule has 0 saturated carbocycles. The van der Waals surface area contributed by atoms with Gasteiger partial charge in [-0.15, -0.1) is 0 Å². The van der Waals surface area contributed by atoms with E-state index in [1.807, 2.05) is 0 Å². The number of hydrogen-bond donors (Lipinski definition) is 1.